The lowest BCUT2D eigenvalue weighted by Crippen LogP contribution is -2.33. The number of phenolic OH excluding ortho intramolecular Hbond substituents is 1. The topological polar surface area (TPSA) is 55.8 Å². The fourth-order valence-electron chi connectivity index (χ4n) is 4.10. The summed E-state index contributed by atoms with van der Waals surface area (Å²) in [5, 5.41) is 12.8. The predicted molar refractivity (Wildman–Crippen MR) is 118 cm³/mol. The molecule has 1 aliphatic rings. The molecule has 29 heavy (non-hydrogen) atoms. The Labute approximate surface area is 174 Å². The van der Waals surface area contributed by atoms with Crippen molar-refractivity contribution in [2.24, 2.45) is 0 Å². The van der Waals surface area contributed by atoms with Gasteiger partial charge in [0, 0.05) is 31.7 Å². The van der Waals surface area contributed by atoms with E-state index >= 15 is 0 Å². The first-order valence-electron chi connectivity index (χ1n) is 10.5. The fourth-order valence-corrected chi connectivity index (χ4v) is 4.10. The Bertz CT molecular complexity index is 804. The average molecular weight is 396 g/mol. The molecule has 0 saturated carbocycles. The fraction of sp³-hybridized carbons (Fsp3) is 0.458. The number of hydrogen-bond donors (Lipinski definition) is 2. The molecule has 5 nitrogen and oxygen atoms in total. The van der Waals surface area contributed by atoms with Gasteiger partial charge < -0.3 is 20.2 Å². The second-order valence-corrected chi connectivity index (χ2v) is 8.27. The summed E-state index contributed by atoms with van der Waals surface area (Å²) in [6.45, 7) is 1.01. The minimum absolute atomic E-state index is 0.0820. The minimum atomic E-state index is 0.0820. The number of fused-ring (bicyclic) bond motifs is 1. The van der Waals surface area contributed by atoms with Crippen LogP contribution in [0, 0.1) is 0 Å². The zero-order valence-corrected chi connectivity index (χ0v) is 17.8. The number of hydrogen-bond acceptors (Lipinski definition) is 4. The van der Waals surface area contributed by atoms with Crippen LogP contribution in [0.1, 0.15) is 42.9 Å². The zero-order valence-electron chi connectivity index (χ0n) is 17.8. The second-order valence-electron chi connectivity index (χ2n) is 8.27. The molecular formula is C24H33N3O2. The van der Waals surface area contributed by atoms with Gasteiger partial charge in [0.05, 0.1) is 6.04 Å². The van der Waals surface area contributed by atoms with Crippen molar-refractivity contribution in [3.63, 3.8) is 0 Å². The molecule has 1 heterocycles. The summed E-state index contributed by atoms with van der Waals surface area (Å²) < 4.78 is 0. The molecule has 2 aromatic carbocycles. The van der Waals surface area contributed by atoms with Crippen LogP contribution < -0.4 is 10.2 Å². The van der Waals surface area contributed by atoms with E-state index in [4.69, 9.17) is 0 Å². The maximum Gasteiger partial charge on any atom is 0.220 e. The van der Waals surface area contributed by atoms with Gasteiger partial charge in [0.25, 0.3) is 0 Å². The molecule has 0 aliphatic carbocycles. The Balaban J connectivity index is 1.59. The molecule has 0 spiro atoms. The van der Waals surface area contributed by atoms with E-state index in [9.17, 15) is 9.90 Å². The second kappa shape index (κ2) is 9.79. The highest BCUT2D eigenvalue weighted by molar-refractivity contribution is 5.77. The highest BCUT2D eigenvalue weighted by atomic mass is 16.3. The van der Waals surface area contributed by atoms with Crippen LogP contribution in [0.25, 0.3) is 0 Å². The van der Waals surface area contributed by atoms with Crippen LogP contribution in [0.15, 0.2) is 48.5 Å². The van der Waals surface area contributed by atoms with Gasteiger partial charge in [-0.25, -0.2) is 0 Å². The molecule has 2 atom stereocenters. The van der Waals surface area contributed by atoms with Gasteiger partial charge in [0.1, 0.15) is 5.75 Å². The van der Waals surface area contributed by atoms with Crippen LogP contribution in [0.2, 0.25) is 0 Å². The Morgan fingerprint density at radius 2 is 1.93 bits per heavy atom. The van der Waals surface area contributed by atoms with Crippen molar-refractivity contribution in [2.75, 3.05) is 32.6 Å². The SMILES string of the molecule is CN1CCCC(NC(=O)CC[C@H](Cc2ccc(O)cc2)N(C)C)c2ccccc21. The van der Waals surface area contributed by atoms with Gasteiger partial charge in [-0.15, -0.1) is 0 Å². The highest BCUT2D eigenvalue weighted by Crippen LogP contribution is 2.32. The summed E-state index contributed by atoms with van der Waals surface area (Å²) in [7, 11) is 6.23. The van der Waals surface area contributed by atoms with Crippen molar-refractivity contribution >= 4 is 11.6 Å². The Morgan fingerprint density at radius 3 is 2.66 bits per heavy atom. The minimum Gasteiger partial charge on any atom is -0.508 e. The summed E-state index contributed by atoms with van der Waals surface area (Å²) >= 11 is 0. The van der Waals surface area contributed by atoms with Crippen LogP contribution in [-0.4, -0.2) is 49.6 Å². The Morgan fingerprint density at radius 1 is 1.21 bits per heavy atom. The third-order valence-corrected chi connectivity index (χ3v) is 5.89. The number of carbonyl (C=O) groups is 1. The maximum atomic E-state index is 12.8. The summed E-state index contributed by atoms with van der Waals surface area (Å²) in [6.07, 6.45) is 4.20. The molecule has 0 fully saturated rings. The van der Waals surface area contributed by atoms with Gasteiger partial charge in [0.2, 0.25) is 5.91 Å². The van der Waals surface area contributed by atoms with Crippen LogP contribution in [0.5, 0.6) is 5.75 Å². The normalized spacial score (nSPS) is 17.5. The number of amides is 1. The van der Waals surface area contributed by atoms with Crippen molar-refractivity contribution in [1.29, 1.82) is 0 Å². The number of nitrogens with one attached hydrogen (secondary N) is 1. The first-order valence-corrected chi connectivity index (χ1v) is 10.5. The van der Waals surface area contributed by atoms with Crippen molar-refractivity contribution < 1.29 is 9.90 Å². The maximum absolute atomic E-state index is 12.8. The zero-order chi connectivity index (χ0) is 20.8. The number of para-hydroxylation sites is 1. The van der Waals surface area contributed by atoms with Crippen molar-refractivity contribution in [3.05, 3.63) is 59.7 Å². The monoisotopic (exact) mass is 395 g/mol. The van der Waals surface area contributed by atoms with Gasteiger partial charge >= 0.3 is 0 Å². The van der Waals surface area contributed by atoms with Gasteiger partial charge in [-0.1, -0.05) is 30.3 Å². The number of nitrogens with zero attached hydrogens (tertiary/aromatic N) is 2. The molecule has 1 amide bonds. The lowest BCUT2D eigenvalue weighted by molar-refractivity contribution is -0.122. The van der Waals surface area contributed by atoms with E-state index in [1.807, 2.05) is 12.1 Å². The predicted octanol–water partition coefficient (Wildman–Crippen LogP) is 3.73. The van der Waals surface area contributed by atoms with E-state index in [1.54, 1.807) is 12.1 Å². The van der Waals surface area contributed by atoms with Crippen molar-refractivity contribution in [3.8, 4) is 5.75 Å². The summed E-state index contributed by atoms with van der Waals surface area (Å²) in [5.41, 5.74) is 3.60. The molecule has 1 aliphatic heterocycles. The molecule has 2 aromatic rings. The lowest BCUT2D eigenvalue weighted by Gasteiger charge is -2.25. The summed E-state index contributed by atoms with van der Waals surface area (Å²) in [4.78, 5) is 17.2. The van der Waals surface area contributed by atoms with E-state index in [0.717, 1.165) is 32.2 Å². The van der Waals surface area contributed by atoms with Crippen LogP contribution in [-0.2, 0) is 11.2 Å². The molecular weight excluding hydrogens is 362 g/mol. The lowest BCUT2D eigenvalue weighted by atomic mass is 9.99. The first kappa shape index (κ1) is 21.2. The number of rotatable bonds is 7. The third-order valence-electron chi connectivity index (χ3n) is 5.89. The van der Waals surface area contributed by atoms with E-state index in [1.165, 1.54) is 16.8 Å². The quantitative estimate of drug-likeness (QED) is 0.750. The Hall–Kier alpha value is -2.53. The summed E-state index contributed by atoms with van der Waals surface area (Å²) in [6, 6.07) is 16.1. The molecule has 2 N–H and O–H groups in total. The Kier molecular flexibility index (Phi) is 7.15. The largest absolute Gasteiger partial charge is 0.508 e. The van der Waals surface area contributed by atoms with Crippen LogP contribution in [0.4, 0.5) is 5.69 Å². The van der Waals surface area contributed by atoms with Gasteiger partial charge in [-0.3, -0.25) is 4.79 Å². The highest BCUT2D eigenvalue weighted by Gasteiger charge is 2.23. The smallest absolute Gasteiger partial charge is 0.220 e. The summed E-state index contributed by atoms with van der Waals surface area (Å²) in [5.74, 6) is 0.399. The molecule has 156 valence electrons. The standard InChI is InChI=1S/C24H33N3O2/c1-26(2)19(17-18-10-13-20(28)14-11-18)12-15-24(29)25-22-8-6-16-27(3)23-9-5-4-7-21(22)23/h4-5,7,9-11,13-14,19,22,28H,6,8,12,15-17H2,1-3H3,(H,25,29)/t19-,22?/m1/s1. The van der Waals surface area contributed by atoms with E-state index < -0.39 is 0 Å². The number of anilines is 1. The van der Waals surface area contributed by atoms with E-state index in [0.29, 0.717) is 6.42 Å². The van der Waals surface area contributed by atoms with Crippen molar-refractivity contribution in [1.82, 2.24) is 10.2 Å². The molecule has 0 saturated heterocycles. The molecule has 1 unspecified atom stereocenters. The number of benzene rings is 2. The number of carbonyl (C=O) groups excluding carboxylic acids is 1. The van der Waals surface area contributed by atoms with Gasteiger partial charge in [-0.2, -0.15) is 0 Å². The van der Waals surface area contributed by atoms with E-state index in [-0.39, 0.29) is 23.7 Å². The van der Waals surface area contributed by atoms with Crippen LogP contribution >= 0.6 is 0 Å². The number of likely N-dealkylation sites (N-methyl/N-ethyl adjacent to an activating group) is 1. The average Bonchev–Trinajstić information content (AvgIpc) is 2.86. The molecule has 5 heteroatoms. The van der Waals surface area contributed by atoms with E-state index in [2.05, 4.69) is 60.5 Å². The number of phenols is 1. The molecule has 0 radical (unpaired) electrons. The van der Waals surface area contributed by atoms with Crippen LogP contribution in [0.3, 0.4) is 0 Å². The van der Waals surface area contributed by atoms with Gasteiger partial charge in [0.15, 0.2) is 0 Å². The number of aromatic hydroxyl groups is 1. The molecule has 0 bridgehead atoms. The molecule has 0 aromatic heterocycles. The third kappa shape index (κ3) is 5.73. The van der Waals surface area contributed by atoms with Crippen molar-refractivity contribution in [2.45, 2.75) is 44.2 Å². The van der Waals surface area contributed by atoms with Gasteiger partial charge in [-0.05, 0) is 69.1 Å². The first-order chi connectivity index (χ1) is 13.9. The molecule has 3 rings (SSSR count).